The summed E-state index contributed by atoms with van der Waals surface area (Å²) in [6.07, 6.45) is 2.60. The van der Waals surface area contributed by atoms with Crippen LogP contribution >= 0.6 is 0 Å². The fraction of sp³-hybridized carbons (Fsp3) is 0.364. The SMILES string of the molecule is CC(C(=O)O)N(CC(=O)NC(Cc1ccccc1)c1ccccc1)C1CC1. The van der Waals surface area contributed by atoms with E-state index in [2.05, 4.69) is 5.32 Å². The van der Waals surface area contributed by atoms with E-state index < -0.39 is 12.0 Å². The summed E-state index contributed by atoms with van der Waals surface area (Å²) in [5.74, 6) is -1.03. The van der Waals surface area contributed by atoms with Crippen LogP contribution in [0.15, 0.2) is 60.7 Å². The van der Waals surface area contributed by atoms with Crippen LogP contribution in [0, 0.1) is 0 Å². The lowest BCUT2D eigenvalue weighted by molar-refractivity contribution is -0.143. The van der Waals surface area contributed by atoms with E-state index in [1.54, 1.807) is 11.8 Å². The highest BCUT2D eigenvalue weighted by Crippen LogP contribution is 2.28. The van der Waals surface area contributed by atoms with Crippen LogP contribution in [0.2, 0.25) is 0 Å². The van der Waals surface area contributed by atoms with Gasteiger partial charge in [0.15, 0.2) is 0 Å². The van der Waals surface area contributed by atoms with Crippen molar-refractivity contribution in [1.82, 2.24) is 10.2 Å². The van der Waals surface area contributed by atoms with Crippen molar-refractivity contribution in [3.63, 3.8) is 0 Å². The standard InChI is InChI=1S/C22H26N2O3/c1-16(22(26)27)24(19-12-13-19)15-21(25)23-20(18-10-6-3-7-11-18)14-17-8-4-2-5-9-17/h2-11,16,19-20H,12-15H2,1H3,(H,23,25)(H,26,27). The molecule has 2 atom stereocenters. The van der Waals surface area contributed by atoms with Crippen LogP contribution in [-0.2, 0) is 16.0 Å². The minimum Gasteiger partial charge on any atom is -0.480 e. The third-order valence-electron chi connectivity index (χ3n) is 5.02. The molecule has 142 valence electrons. The highest BCUT2D eigenvalue weighted by atomic mass is 16.4. The first kappa shape index (κ1) is 19.1. The van der Waals surface area contributed by atoms with Gasteiger partial charge in [-0.05, 0) is 37.3 Å². The summed E-state index contributed by atoms with van der Waals surface area (Å²) in [4.78, 5) is 25.9. The molecule has 0 saturated heterocycles. The number of benzene rings is 2. The van der Waals surface area contributed by atoms with E-state index in [0.717, 1.165) is 24.0 Å². The average Bonchev–Trinajstić information content (AvgIpc) is 3.51. The van der Waals surface area contributed by atoms with Crippen LogP contribution in [0.25, 0.3) is 0 Å². The van der Waals surface area contributed by atoms with Crippen LogP contribution in [0.5, 0.6) is 0 Å². The largest absolute Gasteiger partial charge is 0.480 e. The number of carboxylic acid groups (broad SMARTS) is 1. The van der Waals surface area contributed by atoms with Gasteiger partial charge in [0.2, 0.25) is 5.91 Å². The molecular formula is C22H26N2O3. The summed E-state index contributed by atoms with van der Waals surface area (Å²) >= 11 is 0. The van der Waals surface area contributed by atoms with E-state index in [-0.39, 0.29) is 24.5 Å². The molecule has 1 aliphatic rings. The second-order valence-corrected chi connectivity index (χ2v) is 7.14. The highest BCUT2D eigenvalue weighted by Gasteiger charge is 2.36. The van der Waals surface area contributed by atoms with Gasteiger partial charge in [-0.15, -0.1) is 0 Å². The van der Waals surface area contributed by atoms with Crippen molar-refractivity contribution >= 4 is 11.9 Å². The predicted molar refractivity (Wildman–Crippen MR) is 104 cm³/mol. The van der Waals surface area contributed by atoms with Gasteiger partial charge in [-0.1, -0.05) is 60.7 Å². The van der Waals surface area contributed by atoms with Crippen LogP contribution in [-0.4, -0.2) is 40.5 Å². The summed E-state index contributed by atoms with van der Waals surface area (Å²) in [5, 5.41) is 12.4. The third-order valence-corrected chi connectivity index (χ3v) is 5.02. The number of carbonyl (C=O) groups is 2. The van der Waals surface area contributed by atoms with Gasteiger partial charge in [-0.25, -0.2) is 0 Å². The number of rotatable bonds is 9. The first-order chi connectivity index (χ1) is 13.0. The van der Waals surface area contributed by atoms with Crippen molar-refractivity contribution in [2.24, 2.45) is 0 Å². The van der Waals surface area contributed by atoms with E-state index >= 15 is 0 Å². The molecule has 1 fully saturated rings. The van der Waals surface area contributed by atoms with Crippen molar-refractivity contribution in [2.45, 2.75) is 44.3 Å². The predicted octanol–water partition coefficient (Wildman–Crippen LogP) is 3.02. The smallest absolute Gasteiger partial charge is 0.320 e. The molecule has 2 aromatic rings. The zero-order chi connectivity index (χ0) is 19.2. The number of amides is 1. The summed E-state index contributed by atoms with van der Waals surface area (Å²) in [6, 6.07) is 19.3. The van der Waals surface area contributed by atoms with Crippen LogP contribution in [0.4, 0.5) is 0 Å². The molecule has 2 unspecified atom stereocenters. The van der Waals surface area contributed by atoms with Gasteiger partial charge in [0, 0.05) is 6.04 Å². The summed E-state index contributed by atoms with van der Waals surface area (Å²) in [5.41, 5.74) is 2.18. The molecule has 1 amide bonds. The fourth-order valence-electron chi connectivity index (χ4n) is 3.32. The fourth-order valence-corrected chi connectivity index (χ4v) is 3.32. The number of aliphatic carboxylic acids is 1. The number of nitrogens with zero attached hydrogens (tertiary/aromatic N) is 1. The Morgan fingerprint density at radius 1 is 1.07 bits per heavy atom. The molecule has 0 bridgehead atoms. The Labute approximate surface area is 160 Å². The molecule has 5 heteroatoms. The normalized spacial score (nSPS) is 15.9. The highest BCUT2D eigenvalue weighted by molar-refractivity contribution is 5.80. The van der Waals surface area contributed by atoms with Gasteiger partial charge in [0.1, 0.15) is 6.04 Å². The molecule has 2 N–H and O–H groups in total. The van der Waals surface area contributed by atoms with Crippen molar-refractivity contribution < 1.29 is 14.7 Å². The number of nitrogens with one attached hydrogen (secondary N) is 1. The Hall–Kier alpha value is -2.66. The Bertz CT molecular complexity index is 760. The maximum absolute atomic E-state index is 12.7. The van der Waals surface area contributed by atoms with Crippen LogP contribution < -0.4 is 5.32 Å². The summed E-state index contributed by atoms with van der Waals surface area (Å²) < 4.78 is 0. The van der Waals surface area contributed by atoms with Crippen molar-refractivity contribution in [3.8, 4) is 0 Å². The minimum atomic E-state index is -0.890. The van der Waals surface area contributed by atoms with Gasteiger partial charge in [-0.3, -0.25) is 14.5 Å². The third kappa shape index (κ3) is 5.41. The van der Waals surface area contributed by atoms with Crippen LogP contribution in [0.3, 0.4) is 0 Å². The Morgan fingerprint density at radius 3 is 2.22 bits per heavy atom. The molecule has 2 aromatic carbocycles. The van der Waals surface area contributed by atoms with E-state index in [1.807, 2.05) is 60.7 Å². The van der Waals surface area contributed by atoms with Crippen molar-refractivity contribution in [2.75, 3.05) is 6.54 Å². The zero-order valence-electron chi connectivity index (χ0n) is 15.5. The Balaban J connectivity index is 1.71. The maximum atomic E-state index is 12.7. The molecule has 1 aliphatic carbocycles. The maximum Gasteiger partial charge on any atom is 0.320 e. The number of carboxylic acids is 1. The molecule has 1 saturated carbocycles. The first-order valence-electron chi connectivity index (χ1n) is 9.41. The topological polar surface area (TPSA) is 69.6 Å². The van der Waals surface area contributed by atoms with Crippen molar-refractivity contribution in [3.05, 3.63) is 71.8 Å². The van der Waals surface area contributed by atoms with Gasteiger partial charge in [0.25, 0.3) is 0 Å². The lowest BCUT2D eigenvalue weighted by Gasteiger charge is -2.27. The molecule has 0 spiro atoms. The molecule has 3 rings (SSSR count). The van der Waals surface area contributed by atoms with E-state index in [9.17, 15) is 14.7 Å². The Kier molecular flexibility index (Phi) is 6.24. The van der Waals surface area contributed by atoms with E-state index in [4.69, 9.17) is 0 Å². The van der Waals surface area contributed by atoms with E-state index in [1.165, 1.54) is 0 Å². The van der Waals surface area contributed by atoms with Gasteiger partial charge in [-0.2, -0.15) is 0 Å². The quantitative estimate of drug-likeness (QED) is 0.716. The van der Waals surface area contributed by atoms with Crippen molar-refractivity contribution in [1.29, 1.82) is 0 Å². The molecular weight excluding hydrogens is 340 g/mol. The second-order valence-electron chi connectivity index (χ2n) is 7.14. The first-order valence-corrected chi connectivity index (χ1v) is 9.41. The molecule has 5 nitrogen and oxygen atoms in total. The summed E-state index contributed by atoms with van der Waals surface area (Å²) in [6.45, 7) is 1.75. The molecule has 0 aromatic heterocycles. The second kappa shape index (κ2) is 8.82. The van der Waals surface area contributed by atoms with Gasteiger partial charge < -0.3 is 10.4 Å². The van der Waals surface area contributed by atoms with E-state index in [0.29, 0.717) is 6.42 Å². The number of hydrogen-bond acceptors (Lipinski definition) is 3. The Morgan fingerprint density at radius 2 is 1.67 bits per heavy atom. The average molecular weight is 366 g/mol. The van der Waals surface area contributed by atoms with Crippen LogP contribution in [0.1, 0.15) is 36.9 Å². The summed E-state index contributed by atoms with van der Waals surface area (Å²) in [7, 11) is 0. The molecule has 0 heterocycles. The zero-order valence-corrected chi connectivity index (χ0v) is 15.5. The molecule has 27 heavy (non-hydrogen) atoms. The molecule has 0 radical (unpaired) electrons. The lowest BCUT2D eigenvalue weighted by Crippen LogP contribution is -2.47. The lowest BCUT2D eigenvalue weighted by atomic mass is 9.99. The van der Waals surface area contributed by atoms with Gasteiger partial charge >= 0.3 is 5.97 Å². The number of hydrogen-bond donors (Lipinski definition) is 2. The monoisotopic (exact) mass is 366 g/mol. The molecule has 0 aliphatic heterocycles. The number of carbonyl (C=O) groups excluding carboxylic acids is 1. The van der Waals surface area contributed by atoms with Gasteiger partial charge in [0.05, 0.1) is 12.6 Å². The minimum absolute atomic E-state index is 0.107.